The molecule has 19 heavy (non-hydrogen) atoms. The van der Waals surface area contributed by atoms with E-state index in [1.165, 1.54) is 0 Å². The van der Waals surface area contributed by atoms with Gasteiger partial charge in [-0.3, -0.25) is 0 Å². The highest BCUT2D eigenvalue weighted by atomic mass is 16.5. The van der Waals surface area contributed by atoms with Crippen molar-refractivity contribution in [2.75, 3.05) is 12.8 Å². The minimum absolute atomic E-state index is 0.764. The standard InChI is InChI=1S/C16H16N2O/c1-11-9-12(6-7-15(11)19-2)14-10-13-5-3-4-8-18(13)16(14)17/h3-10H,17H2,1-2H3. The van der Waals surface area contributed by atoms with Crippen molar-refractivity contribution in [2.45, 2.75) is 6.92 Å². The highest BCUT2D eigenvalue weighted by Crippen LogP contribution is 2.32. The lowest BCUT2D eigenvalue weighted by Gasteiger charge is -2.07. The van der Waals surface area contributed by atoms with Crippen LogP contribution in [-0.2, 0) is 0 Å². The maximum atomic E-state index is 6.22. The van der Waals surface area contributed by atoms with E-state index in [9.17, 15) is 0 Å². The maximum Gasteiger partial charge on any atom is 0.121 e. The van der Waals surface area contributed by atoms with Gasteiger partial charge in [0.05, 0.1) is 7.11 Å². The molecule has 0 aliphatic rings. The highest BCUT2D eigenvalue weighted by molar-refractivity contribution is 5.82. The molecule has 0 radical (unpaired) electrons. The number of nitrogen functional groups attached to an aromatic ring is 1. The average molecular weight is 252 g/mol. The number of hydrogen-bond acceptors (Lipinski definition) is 2. The summed E-state index contributed by atoms with van der Waals surface area (Å²) in [5.41, 5.74) is 10.6. The van der Waals surface area contributed by atoms with Gasteiger partial charge in [0.25, 0.3) is 0 Å². The average Bonchev–Trinajstić information content (AvgIpc) is 2.77. The van der Waals surface area contributed by atoms with Crippen molar-refractivity contribution < 1.29 is 4.74 Å². The molecule has 2 N–H and O–H groups in total. The first-order valence-electron chi connectivity index (χ1n) is 6.21. The fraction of sp³-hybridized carbons (Fsp3) is 0.125. The molecule has 0 fully saturated rings. The van der Waals surface area contributed by atoms with Crippen LogP contribution in [0.5, 0.6) is 5.75 Å². The van der Waals surface area contributed by atoms with Gasteiger partial charge < -0.3 is 14.9 Å². The lowest BCUT2D eigenvalue weighted by molar-refractivity contribution is 0.412. The minimum atomic E-state index is 0.764. The molecule has 0 unspecified atom stereocenters. The Hall–Kier alpha value is -2.42. The fourth-order valence-corrected chi connectivity index (χ4v) is 2.42. The van der Waals surface area contributed by atoms with E-state index < -0.39 is 0 Å². The Kier molecular flexibility index (Phi) is 2.67. The smallest absolute Gasteiger partial charge is 0.121 e. The van der Waals surface area contributed by atoms with Crippen molar-refractivity contribution in [3.05, 3.63) is 54.2 Å². The van der Waals surface area contributed by atoms with Crippen molar-refractivity contribution in [3.63, 3.8) is 0 Å². The minimum Gasteiger partial charge on any atom is -0.496 e. The topological polar surface area (TPSA) is 39.7 Å². The van der Waals surface area contributed by atoms with E-state index in [1.54, 1.807) is 7.11 Å². The van der Waals surface area contributed by atoms with Crippen molar-refractivity contribution >= 4 is 11.3 Å². The van der Waals surface area contributed by atoms with Gasteiger partial charge in [0, 0.05) is 17.3 Å². The monoisotopic (exact) mass is 252 g/mol. The van der Waals surface area contributed by atoms with E-state index in [4.69, 9.17) is 10.5 Å². The summed E-state index contributed by atoms with van der Waals surface area (Å²) in [6.07, 6.45) is 1.98. The maximum absolute atomic E-state index is 6.22. The molecule has 0 saturated carbocycles. The summed E-state index contributed by atoms with van der Waals surface area (Å²) in [6.45, 7) is 2.04. The van der Waals surface area contributed by atoms with E-state index >= 15 is 0 Å². The van der Waals surface area contributed by atoms with E-state index in [0.717, 1.165) is 33.8 Å². The molecule has 0 bridgehead atoms. The molecule has 0 spiro atoms. The Morgan fingerprint density at radius 1 is 1.11 bits per heavy atom. The molecule has 0 aliphatic heterocycles. The van der Waals surface area contributed by atoms with E-state index in [0.29, 0.717) is 0 Å². The van der Waals surface area contributed by atoms with Gasteiger partial charge in [-0.05, 0) is 48.4 Å². The van der Waals surface area contributed by atoms with Crippen LogP contribution in [0.1, 0.15) is 5.56 Å². The molecule has 3 heteroatoms. The lowest BCUT2D eigenvalue weighted by Crippen LogP contribution is -1.94. The van der Waals surface area contributed by atoms with Gasteiger partial charge in [-0.1, -0.05) is 12.1 Å². The number of fused-ring (bicyclic) bond motifs is 1. The predicted octanol–water partition coefficient (Wildman–Crippen LogP) is 3.51. The van der Waals surface area contributed by atoms with Gasteiger partial charge in [0.2, 0.25) is 0 Å². The van der Waals surface area contributed by atoms with Gasteiger partial charge in [-0.2, -0.15) is 0 Å². The molecule has 1 aromatic carbocycles. The number of aryl methyl sites for hydroxylation is 1. The van der Waals surface area contributed by atoms with E-state index in [2.05, 4.69) is 18.2 Å². The SMILES string of the molecule is COc1ccc(-c2cc3ccccn3c2N)cc1C. The molecule has 3 aromatic rings. The molecule has 0 aliphatic carbocycles. The molecule has 0 amide bonds. The summed E-state index contributed by atoms with van der Waals surface area (Å²) in [5, 5.41) is 0. The van der Waals surface area contributed by atoms with Gasteiger partial charge in [-0.15, -0.1) is 0 Å². The Bertz CT molecular complexity index is 744. The molecule has 0 saturated heterocycles. The van der Waals surface area contributed by atoms with Crippen LogP contribution in [-0.4, -0.2) is 11.5 Å². The van der Waals surface area contributed by atoms with Crippen molar-refractivity contribution in [2.24, 2.45) is 0 Å². The zero-order valence-electron chi connectivity index (χ0n) is 11.1. The summed E-state index contributed by atoms with van der Waals surface area (Å²) >= 11 is 0. The number of anilines is 1. The number of nitrogens with zero attached hydrogens (tertiary/aromatic N) is 1. The number of hydrogen-bond donors (Lipinski definition) is 1. The van der Waals surface area contributed by atoms with Gasteiger partial charge in [0.1, 0.15) is 11.6 Å². The van der Waals surface area contributed by atoms with Crippen LogP contribution in [0.25, 0.3) is 16.6 Å². The zero-order chi connectivity index (χ0) is 13.4. The van der Waals surface area contributed by atoms with Crippen LogP contribution in [0, 0.1) is 6.92 Å². The summed E-state index contributed by atoms with van der Waals surface area (Å²) in [5.74, 6) is 1.66. The summed E-state index contributed by atoms with van der Waals surface area (Å²) in [4.78, 5) is 0. The van der Waals surface area contributed by atoms with Crippen molar-refractivity contribution in [1.82, 2.24) is 4.40 Å². The third kappa shape index (κ3) is 1.83. The molecular formula is C16H16N2O. The number of nitrogens with two attached hydrogens (primary N) is 1. The molecule has 3 nitrogen and oxygen atoms in total. The summed E-state index contributed by atoms with van der Waals surface area (Å²) in [6, 6.07) is 14.3. The molecule has 2 heterocycles. The largest absolute Gasteiger partial charge is 0.496 e. The summed E-state index contributed by atoms with van der Waals surface area (Å²) in [7, 11) is 1.68. The predicted molar refractivity (Wildman–Crippen MR) is 78.5 cm³/mol. The summed E-state index contributed by atoms with van der Waals surface area (Å²) < 4.78 is 7.28. The first kappa shape index (κ1) is 11.7. The molecule has 96 valence electrons. The second kappa shape index (κ2) is 4.35. The molecule has 3 rings (SSSR count). The van der Waals surface area contributed by atoms with E-state index in [1.807, 2.05) is 41.8 Å². The van der Waals surface area contributed by atoms with Crippen LogP contribution in [0.15, 0.2) is 48.7 Å². The Balaban J connectivity index is 2.19. The van der Waals surface area contributed by atoms with E-state index in [-0.39, 0.29) is 0 Å². The number of aromatic nitrogens is 1. The second-order valence-corrected chi connectivity index (χ2v) is 4.62. The molecule has 0 atom stereocenters. The normalized spacial score (nSPS) is 10.8. The third-order valence-electron chi connectivity index (χ3n) is 3.42. The second-order valence-electron chi connectivity index (χ2n) is 4.62. The van der Waals surface area contributed by atoms with Crippen LogP contribution in [0.2, 0.25) is 0 Å². The van der Waals surface area contributed by atoms with Gasteiger partial charge in [0.15, 0.2) is 0 Å². The Morgan fingerprint density at radius 3 is 2.63 bits per heavy atom. The van der Waals surface area contributed by atoms with Crippen molar-refractivity contribution in [3.8, 4) is 16.9 Å². The van der Waals surface area contributed by atoms with Crippen LogP contribution < -0.4 is 10.5 Å². The van der Waals surface area contributed by atoms with Crippen LogP contribution in [0.4, 0.5) is 5.82 Å². The van der Waals surface area contributed by atoms with Gasteiger partial charge in [-0.25, -0.2) is 0 Å². The number of ether oxygens (including phenoxy) is 1. The number of rotatable bonds is 2. The number of benzene rings is 1. The van der Waals surface area contributed by atoms with Crippen molar-refractivity contribution in [1.29, 1.82) is 0 Å². The Morgan fingerprint density at radius 2 is 1.95 bits per heavy atom. The lowest BCUT2D eigenvalue weighted by atomic mass is 10.0. The number of methoxy groups -OCH3 is 1. The highest BCUT2D eigenvalue weighted by Gasteiger charge is 2.10. The quantitative estimate of drug-likeness (QED) is 0.758. The first-order valence-corrected chi connectivity index (χ1v) is 6.21. The molecule has 2 aromatic heterocycles. The fourth-order valence-electron chi connectivity index (χ4n) is 2.42. The number of pyridine rings is 1. The Labute approximate surface area is 112 Å². The van der Waals surface area contributed by atoms with Crippen LogP contribution in [0.3, 0.4) is 0 Å². The molecular weight excluding hydrogens is 236 g/mol. The third-order valence-corrected chi connectivity index (χ3v) is 3.42. The first-order chi connectivity index (χ1) is 9.20. The zero-order valence-corrected chi connectivity index (χ0v) is 11.1. The van der Waals surface area contributed by atoms with Gasteiger partial charge >= 0.3 is 0 Å². The van der Waals surface area contributed by atoms with Crippen LogP contribution >= 0.6 is 0 Å².